The standard InChI is InChI=1S/C21H19N5O5/c27-20(23-16-6-4-15(5-7-16)14-24-11-2-10-22-24)3-1-12-25-18-9-8-17(26(29)30)13-19(18)31-21(25)28/h2,4-11,13H,1,3,12,14H2,(H,23,27). The largest absolute Gasteiger partial charge is 0.419 e. The number of benzene rings is 2. The summed E-state index contributed by atoms with van der Waals surface area (Å²) < 4.78 is 8.27. The molecular formula is C21H19N5O5. The van der Waals surface area contributed by atoms with Gasteiger partial charge in [0.15, 0.2) is 5.58 Å². The number of rotatable bonds is 8. The summed E-state index contributed by atoms with van der Waals surface area (Å²) in [6.45, 7) is 0.914. The van der Waals surface area contributed by atoms with Gasteiger partial charge in [0.1, 0.15) is 0 Å². The molecule has 0 spiro atoms. The van der Waals surface area contributed by atoms with E-state index < -0.39 is 10.7 Å². The molecule has 31 heavy (non-hydrogen) atoms. The van der Waals surface area contributed by atoms with Crippen LogP contribution in [0.25, 0.3) is 11.1 Å². The van der Waals surface area contributed by atoms with Crippen LogP contribution in [-0.2, 0) is 17.9 Å². The lowest BCUT2D eigenvalue weighted by Crippen LogP contribution is -2.17. The fourth-order valence-corrected chi connectivity index (χ4v) is 3.28. The normalized spacial score (nSPS) is 11.0. The molecule has 2 aromatic heterocycles. The van der Waals surface area contributed by atoms with Gasteiger partial charge in [-0.2, -0.15) is 5.10 Å². The van der Waals surface area contributed by atoms with Crippen molar-refractivity contribution in [3.05, 3.63) is 87.2 Å². The van der Waals surface area contributed by atoms with Crippen molar-refractivity contribution >= 4 is 28.4 Å². The highest BCUT2D eigenvalue weighted by atomic mass is 16.6. The van der Waals surface area contributed by atoms with Crippen molar-refractivity contribution in [3.63, 3.8) is 0 Å². The van der Waals surface area contributed by atoms with Crippen LogP contribution in [0.2, 0.25) is 0 Å². The van der Waals surface area contributed by atoms with Crippen molar-refractivity contribution in [2.75, 3.05) is 5.32 Å². The van der Waals surface area contributed by atoms with E-state index in [-0.39, 0.29) is 30.1 Å². The zero-order chi connectivity index (χ0) is 21.8. The summed E-state index contributed by atoms with van der Waals surface area (Å²) in [5, 5.41) is 17.8. The van der Waals surface area contributed by atoms with Crippen LogP contribution in [0.1, 0.15) is 18.4 Å². The molecule has 1 amide bonds. The van der Waals surface area contributed by atoms with Gasteiger partial charge >= 0.3 is 5.76 Å². The molecule has 2 heterocycles. The Morgan fingerprint density at radius 2 is 2.00 bits per heavy atom. The minimum absolute atomic E-state index is 0.150. The van der Waals surface area contributed by atoms with Crippen LogP contribution in [0.5, 0.6) is 0 Å². The van der Waals surface area contributed by atoms with E-state index in [0.717, 1.165) is 5.56 Å². The Morgan fingerprint density at radius 3 is 2.71 bits per heavy atom. The predicted molar refractivity (Wildman–Crippen MR) is 113 cm³/mol. The Bertz CT molecular complexity index is 1270. The number of aryl methyl sites for hydroxylation is 1. The number of carbonyl (C=O) groups is 1. The highest BCUT2D eigenvalue weighted by Crippen LogP contribution is 2.20. The van der Waals surface area contributed by atoms with Crippen LogP contribution in [0.15, 0.2) is 70.1 Å². The molecule has 0 radical (unpaired) electrons. The molecule has 0 aliphatic rings. The first-order valence-corrected chi connectivity index (χ1v) is 9.63. The fraction of sp³-hybridized carbons (Fsp3) is 0.190. The van der Waals surface area contributed by atoms with E-state index in [1.54, 1.807) is 6.20 Å². The van der Waals surface area contributed by atoms with Crippen LogP contribution in [0.3, 0.4) is 0 Å². The van der Waals surface area contributed by atoms with Gasteiger partial charge in [0.2, 0.25) is 5.91 Å². The highest BCUT2D eigenvalue weighted by Gasteiger charge is 2.14. The number of hydrogen-bond donors (Lipinski definition) is 1. The molecule has 0 aliphatic heterocycles. The molecule has 158 valence electrons. The van der Waals surface area contributed by atoms with Gasteiger partial charge in [0.05, 0.1) is 23.1 Å². The number of aromatic nitrogens is 3. The second-order valence-electron chi connectivity index (χ2n) is 6.98. The van der Waals surface area contributed by atoms with Gasteiger partial charge in [-0.3, -0.25) is 24.2 Å². The van der Waals surface area contributed by atoms with Crippen molar-refractivity contribution < 1.29 is 14.1 Å². The minimum Gasteiger partial charge on any atom is -0.407 e. The molecule has 0 aliphatic carbocycles. The molecule has 4 rings (SSSR count). The van der Waals surface area contributed by atoms with Crippen molar-refractivity contribution in [1.29, 1.82) is 0 Å². The number of anilines is 1. The monoisotopic (exact) mass is 421 g/mol. The van der Waals surface area contributed by atoms with Crippen molar-refractivity contribution in [1.82, 2.24) is 14.3 Å². The molecule has 10 heteroatoms. The predicted octanol–water partition coefficient (Wildman–Crippen LogP) is 3.17. The molecule has 0 atom stereocenters. The Hall–Kier alpha value is -4.21. The molecule has 4 aromatic rings. The number of non-ortho nitro benzene ring substituents is 1. The van der Waals surface area contributed by atoms with Crippen LogP contribution >= 0.6 is 0 Å². The van der Waals surface area contributed by atoms with E-state index in [9.17, 15) is 19.7 Å². The minimum atomic E-state index is -0.608. The number of carbonyl (C=O) groups excluding carboxylic acids is 1. The maximum atomic E-state index is 12.2. The van der Waals surface area contributed by atoms with Crippen LogP contribution in [0.4, 0.5) is 11.4 Å². The number of nitro groups is 1. The van der Waals surface area contributed by atoms with Crippen molar-refractivity contribution in [2.45, 2.75) is 25.9 Å². The molecule has 10 nitrogen and oxygen atoms in total. The molecule has 1 N–H and O–H groups in total. The lowest BCUT2D eigenvalue weighted by molar-refractivity contribution is -0.384. The van der Waals surface area contributed by atoms with Crippen LogP contribution < -0.4 is 11.1 Å². The van der Waals surface area contributed by atoms with Gasteiger partial charge in [0.25, 0.3) is 5.69 Å². The van der Waals surface area contributed by atoms with E-state index in [0.29, 0.717) is 24.2 Å². The Kier molecular flexibility index (Phi) is 5.61. The zero-order valence-corrected chi connectivity index (χ0v) is 16.4. The van der Waals surface area contributed by atoms with Gasteiger partial charge < -0.3 is 9.73 Å². The van der Waals surface area contributed by atoms with Crippen molar-refractivity contribution in [3.8, 4) is 0 Å². The van der Waals surface area contributed by atoms with E-state index in [1.807, 2.05) is 41.2 Å². The Labute approximate surface area is 175 Å². The third-order valence-corrected chi connectivity index (χ3v) is 4.79. The Balaban J connectivity index is 1.32. The highest BCUT2D eigenvalue weighted by molar-refractivity contribution is 5.90. The average molecular weight is 421 g/mol. The number of nitrogens with zero attached hydrogens (tertiary/aromatic N) is 4. The molecule has 2 aromatic carbocycles. The van der Waals surface area contributed by atoms with Gasteiger partial charge in [-0.25, -0.2) is 4.79 Å². The maximum Gasteiger partial charge on any atom is 0.419 e. The second-order valence-corrected chi connectivity index (χ2v) is 6.98. The van der Waals surface area contributed by atoms with Crippen LogP contribution in [-0.4, -0.2) is 25.2 Å². The average Bonchev–Trinajstić information content (AvgIpc) is 3.36. The summed E-state index contributed by atoms with van der Waals surface area (Å²) in [7, 11) is 0. The maximum absolute atomic E-state index is 12.2. The SMILES string of the molecule is O=C(CCCn1c(=O)oc2cc([N+](=O)[O-])ccc21)Nc1ccc(Cn2cccn2)cc1. The van der Waals surface area contributed by atoms with Gasteiger partial charge in [-0.05, 0) is 36.2 Å². The number of fused-ring (bicyclic) bond motifs is 1. The quantitative estimate of drug-likeness (QED) is 0.344. The first kappa shape index (κ1) is 20.1. The first-order valence-electron chi connectivity index (χ1n) is 9.63. The fourth-order valence-electron chi connectivity index (χ4n) is 3.28. The third-order valence-electron chi connectivity index (χ3n) is 4.79. The molecule has 0 fully saturated rings. The first-order chi connectivity index (χ1) is 15.0. The molecule has 0 bridgehead atoms. The topological polar surface area (TPSA) is 125 Å². The van der Waals surface area contributed by atoms with Crippen LogP contribution in [0, 0.1) is 10.1 Å². The van der Waals surface area contributed by atoms with E-state index >= 15 is 0 Å². The third kappa shape index (κ3) is 4.69. The summed E-state index contributed by atoms with van der Waals surface area (Å²) in [6, 6.07) is 13.4. The summed E-state index contributed by atoms with van der Waals surface area (Å²) >= 11 is 0. The summed E-state index contributed by atoms with van der Waals surface area (Å²) in [5.41, 5.74) is 2.21. The number of oxazole rings is 1. The number of nitrogens with one attached hydrogen (secondary N) is 1. The molecule has 0 saturated carbocycles. The lowest BCUT2D eigenvalue weighted by atomic mass is 10.2. The number of nitro benzene ring substituents is 1. The molecule has 0 unspecified atom stereocenters. The Morgan fingerprint density at radius 1 is 1.19 bits per heavy atom. The smallest absolute Gasteiger partial charge is 0.407 e. The van der Waals surface area contributed by atoms with Gasteiger partial charge in [-0.1, -0.05) is 12.1 Å². The molecular weight excluding hydrogens is 402 g/mol. The van der Waals surface area contributed by atoms with Gasteiger partial charge in [0, 0.05) is 37.1 Å². The van der Waals surface area contributed by atoms with Gasteiger partial charge in [-0.15, -0.1) is 0 Å². The second kappa shape index (κ2) is 8.66. The molecule has 0 saturated heterocycles. The van der Waals surface area contributed by atoms with E-state index in [1.165, 1.54) is 22.8 Å². The number of amides is 1. The lowest BCUT2D eigenvalue weighted by Gasteiger charge is -2.07. The summed E-state index contributed by atoms with van der Waals surface area (Å²) in [6.07, 6.45) is 4.22. The summed E-state index contributed by atoms with van der Waals surface area (Å²) in [5.74, 6) is -0.778. The van der Waals surface area contributed by atoms with E-state index in [4.69, 9.17) is 4.42 Å². The number of hydrogen-bond acceptors (Lipinski definition) is 6. The van der Waals surface area contributed by atoms with Crippen molar-refractivity contribution in [2.24, 2.45) is 0 Å². The zero-order valence-electron chi connectivity index (χ0n) is 16.4. The van der Waals surface area contributed by atoms with E-state index in [2.05, 4.69) is 10.4 Å². The summed E-state index contributed by atoms with van der Waals surface area (Å²) in [4.78, 5) is 34.6.